The number of H-pyrrole nitrogens is 1. The van der Waals surface area contributed by atoms with Gasteiger partial charge < -0.3 is 19.8 Å². The Morgan fingerprint density at radius 3 is 2.07 bits per heavy atom. The van der Waals surface area contributed by atoms with Crippen molar-refractivity contribution >= 4 is 5.91 Å². The van der Waals surface area contributed by atoms with Crippen LogP contribution in [0.3, 0.4) is 0 Å². The number of aromatic amines is 1. The molecular formula is C22H22N2O4. The Morgan fingerprint density at radius 2 is 1.54 bits per heavy atom. The van der Waals surface area contributed by atoms with E-state index in [1.807, 2.05) is 48.5 Å². The maximum absolute atomic E-state index is 12.7. The average molecular weight is 378 g/mol. The van der Waals surface area contributed by atoms with Crippen LogP contribution in [0.1, 0.15) is 27.5 Å². The molecule has 0 unspecified atom stereocenters. The molecule has 6 heteroatoms. The summed E-state index contributed by atoms with van der Waals surface area (Å²) in [6.45, 7) is 0. The summed E-state index contributed by atoms with van der Waals surface area (Å²) in [5.41, 5.74) is 2.16. The molecule has 144 valence electrons. The summed E-state index contributed by atoms with van der Waals surface area (Å²) in [4.78, 5) is 26.4. The van der Waals surface area contributed by atoms with Crippen LogP contribution in [0, 0.1) is 0 Å². The van der Waals surface area contributed by atoms with Crippen molar-refractivity contribution in [1.29, 1.82) is 0 Å². The molecule has 0 aliphatic carbocycles. The zero-order valence-corrected chi connectivity index (χ0v) is 15.8. The monoisotopic (exact) mass is 378 g/mol. The van der Waals surface area contributed by atoms with Gasteiger partial charge in [-0.2, -0.15) is 0 Å². The minimum Gasteiger partial charge on any atom is -0.497 e. The van der Waals surface area contributed by atoms with Gasteiger partial charge in [-0.05, 0) is 47.9 Å². The van der Waals surface area contributed by atoms with Crippen molar-refractivity contribution in [3.05, 3.63) is 93.9 Å². The lowest BCUT2D eigenvalue weighted by molar-refractivity contribution is 0.0936. The fourth-order valence-corrected chi connectivity index (χ4v) is 2.88. The molecule has 0 spiro atoms. The minimum atomic E-state index is -0.259. The lowest BCUT2D eigenvalue weighted by Gasteiger charge is -2.20. The lowest BCUT2D eigenvalue weighted by Crippen LogP contribution is -2.30. The highest BCUT2D eigenvalue weighted by atomic mass is 16.5. The highest BCUT2D eigenvalue weighted by Crippen LogP contribution is 2.23. The molecule has 1 heterocycles. The van der Waals surface area contributed by atoms with Crippen LogP contribution in [-0.2, 0) is 6.42 Å². The van der Waals surface area contributed by atoms with E-state index in [-0.39, 0.29) is 17.5 Å². The summed E-state index contributed by atoms with van der Waals surface area (Å²) < 4.78 is 10.4. The molecule has 6 nitrogen and oxygen atoms in total. The van der Waals surface area contributed by atoms with Crippen molar-refractivity contribution in [3.63, 3.8) is 0 Å². The van der Waals surface area contributed by atoms with E-state index in [0.717, 1.165) is 22.6 Å². The molecule has 0 aliphatic heterocycles. The molecule has 3 rings (SSSR count). The first-order valence-electron chi connectivity index (χ1n) is 8.85. The maximum Gasteiger partial charge on any atom is 0.253 e. The first-order chi connectivity index (χ1) is 13.6. The number of hydrogen-bond acceptors (Lipinski definition) is 4. The molecule has 1 aromatic heterocycles. The number of amides is 1. The van der Waals surface area contributed by atoms with Crippen LogP contribution in [0.25, 0.3) is 0 Å². The highest BCUT2D eigenvalue weighted by molar-refractivity contribution is 5.94. The van der Waals surface area contributed by atoms with E-state index < -0.39 is 0 Å². The van der Waals surface area contributed by atoms with Crippen LogP contribution in [0.2, 0.25) is 0 Å². The zero-order valence-electron chi connectivity index (χ0n) is 15.8. The van der Waals surface area contributed by atoms with E-state index in [2.05, 4.69) is 10.3 Å². The number of hydrogen-bond donors (Lipinski definition) is 2. The molecular weight excluding hydrogens is 356 g/mol. The van der Waals surface area contributed by atoms with Crippen molar-refractivity contribution in [2.45, 2.75) is 12.5 Å². The molecule has 28 heavy (non-hydrogen) atoms. The third-order valence-corrected chi connectivity index (χ3v) is 4.47. The second-order valence-electron chi connectivity index (χ2n) is 6.29. The third-order valence-electron chi connectivity index (χ3n) is 4.47. The van der Waals surface area contributed by atoms with Crippen molar-refractivity contribution in [1.82, 2.24) is 10.3 Å². The van der Waals surface area contributed by atoms with Crippen LogP contribution in [0.15, 0.2) is 71.7 Å². The molecule has 3 aromatic rings. The van der Waals surface area contributed by atoms with Gasteiger partial charge in [0.2, 0.25) is 5.56 Å². The third kappa shape index (κ3) is 4.79. The lowest BCUT2D eigenvalue weighted by atomic mass is 9.98. The zero-order chi connectivity index (χ0) is 19.9. The van der Waals surface area contributed by atoms with Crippen molar-refractivity contribution in [2.24, 2.45) is 0 Å². The van der Waals surface area contributed by atoms with Gasteiger partial charge in [0.15, 0.2) is 0 Å². The molecule has 2 aromatic carbocycles. The van der Waals surface area contributed by atoms with Gasteiger partial charge in [-0.1, -0.05) is 24.3 Å². The van der Waals surface area contributed by atoms with E-state index in [1.165, 1.54) is 18.3 Å². The Morgan fingerprint density at radius 1 is 0.929 bits per heavy atom. The standard InChI is InChI=1S/C22H22N2O4/c1-27-18-8-3-15(4-9-18)13-20(16-5-10-19(28-2)11-6-16)24-22(26)17-7-12-21(25)23-14-17/h3-12,14,20H,13H2,1-2H3,(H,23,25)(H,24,26)/t20-/m0/s1. The summed E-state index contributed by atoms with van der Waals surface area (Å²) in [5, 5.41) is 3.05. The van der Waals surface area contributed by atoms with Gasteiger partial charge in [-0.3, -0.25) is 9.59 Å². The van der Waals surface area contributed by atoms with Gasteiger partial charge in [0.25, 0.3) is 5.91 Å². The highest BCUT2D eigenvalue weighted by Gasteiger charge is 2.17. The van der Waals surface area contributed by atoms with Gasteiger partial charge in [-0.25, -0.2) is 0 Å². The van der Waals surface area contributed by atoms with E-state index in [0.29, 0.717) is 12.0 Å². The molecule has 0 radical (unpaired) electrons. The average Bonchev–Trinajstić information content (AvgIpc) is 2.74. The largest absolute Gasteiger partial charge is 0.497 e. The molecule has 0 aliphatic rings. The molecule has 1 amide bonds. The van der Waals surface area contributed by atoms with Crippen LogP contribution >= 0.6 is 0 Å². The Bertz CT molecular complexity index is 958. The van der Waals surface area contributed by atoms with Crippen molar-refractivity contribution in [3.8, 4) is 11.5 Å². The fraction of sp³-hybridized carbons (Fsp3) is 0.182. The van der Waals surface area contributed by atoms with Gasteiger partial charge in [-0.15, -0.1) is 0 Å². The first-order valence-corrected chi connectivity index (χ1v) is 8.85. The Labute approximate surface area is 163 Å². The van der Waals surface area contributed by atoms with Crippen LogP contribution in [-0.4, -0.2) is 25.1 Å². The summed E-state index contributed by atoms with van der Waals surface area (Å²) in [7, 11) is 3.24. The topological polar surface area (TPSA) is 80.4 Å². The predicted octanol–water partition coefficient (Wildman–Crippen LogP) is 3.11. The molecule has 0 fully saturated rings. The molecule has 1 atom stereocenters. The van der Waals surface area contributed by atoms with Crippen LogP contribution < -0.4 is 20.3 Å². The van der Waals surface area contributed by atoms with E-state index in [1.54, 1.807) is 14.2 Å². The number of nitrogens with one attached hydrogen (secondary N) is 2. The Balaban J connectivity index is 1.84. The van der Waals surface area contributed by atoms with E-state index in [4.69, 9.17) is 9.47 Å². The summed E-state index contributed by atoms with van der Waals surface area (Å²) in [6.07, 6.45) is 2.02. The number of carbonyl (C=O) groups is 1. The summed E-state index contributed by atoms with van der Waals surface area (Å²) in [6, 6.07) is 17.9. The van der Waals surface area contributed by atoms with Crippen molar-refractivity contribution in [2.75, 3.05) is 14.2 Å². The Kier molecular flexibility index (Phi) is 6.11. The minimum absolute atomic E-state index is 0.249. The fourth-order valence-electron chi connectivity index (χ4n) is 2.88. The van der Waals surface area contributed by atoms with E-state index in [9.17, 15) is 9.59 Å². The molecule has 2 N–H and O–H groups in total. The number of aromatic nitrogens is 1. The number of ether oxygens (including phenoxy) is 2. The van der Waals surface area contributed by atoms with Gasteiger partial charge in [0.05, 0.1) is 25.8 Å². The van der Waals surface area contributed by atoms with Crippen LogP contribution in [0.4, 0.5) is 0 Å². The predicted molar refractivity (Wildman–Crippen MR) is 107 cm³/mol. The molecule has 0 saturated carbocycles. The van der Waals surface area contributed by atoms with Gasteiger partial charge in [0, 0.05) is 12.3 Å². The number of pyridine rings is 1. The smallest absolute Gasteiger partial charge is 0.253 e. The van der Waals surface area contributed by atoms with Crippen molar-refractivity contribution < 1.29 is 14.3 Å². The number of methoxy groups -OCH3 is 2. The Hall–Kier alpha value is -3.54. The number of benzene rings is 2. The normalized spacial score (nSPS) is 11.5. The number of rotatable bonds is 7. The van der Waals surface area contributed by atoms with Gasteiger partial charge in [0.1, 0.15) is 11.5 Å². The number of carbonyl (C=O) groups excluding carboxylic acids is 1. The quantitative estimate of drug-likeness (QED) is 0.662. The summed E-state index contributed by atoms with van der Waals surface area (Å²) >= 11 is 0. The maximum atomic E-state index is 12.7. The molecule has 0 saturated heterocycles. The first kappa shape index (κ1) is 19.2. The molecule has 0 bridgehead atoms. The van der Waals surface area contributed by atoms with Crippen LogP contribution in [0.5, 0.6) is 11.5 Å². The van der Waals surface area contributed by atoms with E-state index >= 15 is 0 Å². The SMILES string of the molecule is COc1ccc(C[C@H](NC(=O)c2ccc(=O)[nH]c2)c2ccc(OC)cc2)cc1. The summed E-state index contributed by atoms with van der Waals surface area (Å²) in [5.74, 6) is 1.27. The second kappa shape index (κ2) is 8.90. The van der Waals surface area contributed by atoms with Gasteiger partial charge >= 0.3 is 0 Å². The second-order valence-corrected chi connectivity index (χ2v) is 6.29.